The molecule has 2 unspecified atom stereocenters. The van der Waals surface area contributed by atoms with Gasteiger partial charge in [0, 0.05) is 36.8 Å². The molecule has 1 aliphatic carbocycles. The second-order valence-electron chi connectivity index (χ2n) is 10.6. The number of nitrogens with one attached hydrogen (secondary N) is 1. The molecule has 1 fully saturated rings. The number of halogens is 2. The molecule has 4 aromatic rings. The number of fused-ring (bicyclic) bond motifs is 1. The number of carbonyl (C=O) groups excluding carboxylic acids is 1. The predicted octanol–water partition coefficient (Wildman–Crippen LogP) is 5.64. The van der Waals surface area contributed by atoms with Gasteiger partial charge in [-0.15, -0.1) is 0 Å². The van der Waals surface area contributed by atoms with Gasteiger partial charge >= 0.3 is 0 Å². The smallest absolute Gasteiger partial charge is 0.249 e. The molecule has 1 amide bonds. The topological polar surface area (TPSA) is 105 Å². The van der Waals surface area contributed by atoms with E-state index in [4.69, 9.17) is 10.4 Å². The minimum atomic E-state index is -3.43. The van der Waals surface area contributed by atoms with Gasteiger partial charge in [0.25, 0.3) is 0 Å². The molecule has 0 aliphatic heterocycles. The first kappa shape index (κ1) is 27.5. The summed E-state index contributed by atoms with van der Waals surface area (Å²) < 4.78 is 55.2. The highest BCUT2D eigenvalue weighted by Crippen LogP contribution is 2.54. The lowest BCUT2D eigenvalue weighted by Gasteiger charge is -2.42. The third-order valence-electron chi connectivity index (χ3n) is 7.70. The molecular weight excluding hydrogens is 534 g/mol. The number of benzene rings is 3. The van der Waals surface area contributed by atoms with Gasteiger partial charge in [-0.1, -0.05) is 42.5 Å². The summed E-state index contributed by atoms with van der Waals surface area (Å²) in [5.74, 6) is -4.36. The number of nitriles is 1. The van der Waals surface area contributed by atoms with Crippen molar-refractivity contribution in [2.75, 3.05) is 12.8 Å². The van der Waals surface area contributed by atoms with Crippen LogP contribution in [0.5, 0.6) is 0 Å². The summed E-state index contributed by atoms with van der Waals surface area (Å²) in [4.78, 5) is 13.4. The Kier molecular flexibility index (Phi) is 6.96. The van der Waals surface area contributed by atoms with E-state index in [0.717, 1.165) is 22.7 Å². The van der Waals surface area contributed by atoms with E-state index in [1.54, 1.807) is 23.0 Å². The molecule has 0 bridgehead atoms. The van der Waals surface area contributed by atoms with Crippen LogP contribution in [-0.4, -0.2) is 42.8 Å². The molecule has 206 valence electrons. The van der Waals surface area contributed by atoms with Gasteiger partial charge in [0.2, 0.25) is 11.8 Å². The van der Waals surface area contributed by atoms with Crippen LogP contribution < -0.4 is 5.32 Å². The molecule has 1 aliphatic rings. The lowest BCUT2D eigenvalue weighted by atomic mass is 9.63. The fourth-order valence-electron chi connectivity index (χ4n) is 5.62. The van der Waals surface area contributed by atoms with Crippen LogP contribution in [0.2, 0.25) is 0 Å². The minimum absolute atomic E-state index is 0.00658. The van der Waals surface area contributed by atoms with E-state index in [1.165, 1.54) is 19.1 Å². The number of amides is 1. The standard InChI is InChI=1S/C30H28F2N4O3S/c1-29(28(37)34-16-15-33)19-30(31,32)14-13-26(29)27-25(21-8-11-24(12-9-21)40(2,38)39)18-36(35-27)23-10-7-20-5-3-4-6-22(20)17-23/h3-12,17-18,26H,13-14,16,19H2,1-2H3,(H,34,37). The van der Waals surface area contributed by atoms with Crippen molar-refractivity contribution in [3.63, 3.8) is 0 Å². The highest BCUT2D eigenvalue weighted by atomic mass is 32.2. The van der Waals surface area contributed by atoms with E-state index >= 15 is 0 Å². The number of alkyl halides is 2. The molecule has 2 atom stereocenters. The third-order valence-corrected chi connectivity index (χ3v) is 8.83. The molecule has 1 heterocycles. The number of sulfone groups is 1. The lowest BCUT2D eigenvalue weighted by Crippen LogP contribution is -2.49. The number of hydrogen-bond donors (Lipinski definition) is 1. The van der Waals surface area contributed by atoms with Gasteiger partial charge in [-0.25, -0.2) is 21.9 Å². The van der Waals surface area contributed by atoms with E-state index in [9.17, 15) is 22.0 Å². The first-order chi connectivity index (χ1) is 18.9. The van der Waals surface area contributed by atoms with Crippen molar-refractivity contribution in [1.29, 1.82) is 5.26 Å². The molecule has 0 radical (unpaired) electrons. The van der Waals surface area contributed by atoms with Crippen LogP contribution in [0.4, 0.5) is 8.78 Å². The number of aromatic nitrogens is 2. The maximum absolute atomic E-state index is 14.7. The van der Waals surface area contributed by atoms with Crippen molar-refractivity contribution in [1.82, 2.24) is 15.1 Å². The average Bonchev–Trinajstić information content (AvgIpc) is 3.35. The van der Waals surface area contributed by atoms with Gasteiger partial charge in [0.05, 0.1) is 27.8 Å². The number of rotatable bonds is 6. The van der Waals surface area contributed by atoms with Gasteiger partial charge in [0.15, 0.2) is 9.84 Å². The second-order valence-corrected chi connectivity index (χ2v) is 12.6. The zero-order valence-electron chi connectivity index (χ0n) is 22.1. The van der Waals surface area contributed by atoms with Crippen LogP contribution in [0, 0.1) is 16.7 Å². The van der Waals surface area contributed by atoms with Crippen LogP contribution in [0.3, 0.4) is 0 Å². The van der Waals surface area contributed by atoms with E-state index in [-0.39, 0.29) is 17.9 Å². The maximum atomic E-state index is 14.7. The molecule has 7 nitrogen and oxygen atoms in total. The van der Waals surface area contributed by atoms with E-state index in [2.05, 4.69) is 5.32 Å². The van der Waals surface area contributed by atoms with Crippen LogP contribution in [0.25, 0.3) is 27.6 Å². The summed E-state index contributed by atoms with van der Waals surface area (Å²) >= 11 is 0. The number of hydrogen-bond acceptors (Lipinski definition) is 5. The molecule has 1 aromatic heterocycles. The van der Waals surface area contributed by atoms with Crippen molar-refractivity contribution < 1.29 is 22.0 Å². The Bertz CT molecular complexity index is 1740. The van der Waals surface area contributed by atoms with Crippen molar-refractivity contribution in [2.45, 2.75) is 42.9 Å². The van der Waals surface area contributed by atoms with Crippen molar-refractivity contribution >= 4 is 26.5 Å². The molecule has 10 heteroatoms. The van der Waals surface area contributed by atoms with Crippen LogP contribution >= 0.6 is 0 Å². The van der Waals surface area contributed by atoms with Gasteiger partial charge in [0.1, 0.15) is 6.54 Å². The SMILES string of the molecule is CC1(C(=O)NCC#N)CC(F)(F)CCC1c1nn(-c2ccc3ccccc3c2)cc1-c1ccc(S(C)(=O)=O)cc1. The van der Waals surface area contributed by atoms with Crippen LogP contribution in [-0.2, 0) is 14.6 Å². The fraction of sp³-hybridized carbons (Fsp3) is 0.300. The average molecular weight is 563 g/mol. The second kappa shape index (κ2) is 10.1. The van der Waals surface area contributed by atoms with E-state index in [1.807, 2.05) is 48.5 Å². The summed E-state index contributed by atoms with van der Waals surface area (Å²) in [6.45, 7) is 1.21. The van der Waals surface area contributed by atoms with Gasteiger partial charge < -0.3 is 5.32 Å². The molecule has 1 N–H and O–H groups in total. The van der Waals surface area contributed by atoms with Crippen LogP contribution in [0.15, 0.2) is 77.8 Å². The summed E-state index contributed by atoms with van der Waals surface area (Å²) in [7, 11) is -3.43. The first-order valence-electron chi connectivity index (χ1n) is 12.8. The lowest BCUT2D eigenvalue weighted by molar-refractivity contribution is -0.145. The van der Waals surface area contributed by atoms with Gasteiger partial charge in [-0.05, 0) is 53.9 Å². The Balaban J connectivity index is 1.67. The summed E-state index contributed by atoms with van der Waals surface area (Å²) in [6.07, 6.45) is 1.83. The third kappa shape index (κ3) is 5.21. The normalized spacial score (nSPS) is 20.6. The van der Waals surface area contributed by atoms with Crippen LogP contribution in [0.1, 0.15) is 37.8 Å². The fourth-order valence-corrected chi connectivity index (χ4v) is 6.25. The molecule has 0 spiro atoms. The van der Waals surface area contributed by atoms with E-state index in [0.29, 0.717) is 16.8 Å². The van der Waals surface area contributed by atoms with Crippen molar-refractivity contribution in [3.8, 4) is 22.9 Å². The summed E-state index contributed by atoms with van der Waals surface area (Å²) in [5, 5.41) is 18.4. The molecule has 5 rings (SSSR count). The zero-order chi connectivity index (χ0) is 28.7. The Morgan fingerprint density at radius 2 is 1.82 bits per heavy atom. The molecule has 0 saturated heterocycles. The Morgan fingerprint density at radius 3 is 2.50 bits per heavy atom. The largest absolute Gasteiger partial charge is 0.343 e. The Labute approximate surface area is 231 Å². The quantitative estimate of drug-likeness (QED) is 0.306. The first-order valence-corrected chi connectivity index (χ1v) is 14.7. The Morgan fingerprint density at radius 1 is 1.12 bits per heavy atom. The number of nitrogens with zero attached hydrogens (tertiary/aromatic N) is 3. The molecule has 40 heavy (non-hydrogen) atoms. The van der Waals surface area contributed by atoms with E-state index < -0.39 is 45.8 Å². The highest BCUT2D eigenvalue weighted by molar-refractivity contribution is 7.90. The minimum Gasteiger partial charge on any atom is -0.343 e. The van der Waals surface area contributed by atoms with Gasteiger partial charge in [-0.2, -0.15) is 10.4 Å². The van der Waals surface area contributed by atoms with Gasteiger partial charge in [-0.3, -0.25) is 4.79 Å². The number of carbonyl (C=O) groups is 1. The predicted molar refractivity (Wildman–Crippen MR) is 148 cm³/mol. The molecular formula is C30H28F2N4O3S. The molecule has 3 aromatic carbocycles. The highest BCUT2D eigenvalue weighted by Gasteiger charge is 2.54. The van der Waals surface area contributed by atoms with Crippen molar-refractivity contribution in [3.05, 3.63) is 78.6 Å². The molecule has 1 saturated carbocycles. The summed E-state index contributed by atoms with van der Waals surface area (Å²) in [6, 6.07) is 21.8. The Hall–Kier alpha value is -4.10. The zero-order valence-corrected chi connectivity index (χ0v) is 22.9. The monoisotopic (exact) mass is 562 g/mol. The maximum Gasteiger partial charge on any atom is 0.249 e. The van der Waals surface area contributed by atoms with Crippen molar-refractivity contribution in [2.24, 2.45) is 5.41 Å². The summed E-state index contributed by atoms with van der Waals surface area (Å²) in [5.41, 5.74) is 0.929.